The average Bonchev–Trinajstić information content (AvgIpc) is 3.20. The molecule has 0 aliphatic rings. The zero-order chi connectivity index (χ0) is 47.1. The van der Waals surface area contributed by atoms with Gasteiger partial charge in [0, 0.05) is 26.0 Å². The predicted octanol–water partition coefficient (Wildman–Crippen LogP) is 14.4. The highest BCUT2D eigenvalue weighted by atomic mass is 16.5. The van der Waals surface area contributed by atoms with Crippen molar-refractivity contribution in [2.75, 3.05) is 19.8 Å². The van der Waals surface area contributed by atoms with E-state index < -0.39 is 29.3 Å². The minimum Gasteiger partial charge on any atom is -0.463 e. The third-order valence-corrected chi connectivity index (χ3v) is 12.2. The minimum absolute atomic E-state index is 0.183. The van der Waals surface area contributed by atoms with Crippen molar-refractivity contribution in [2.24, 2.45) is 11.7 Å². The highest BCUT2D eigenvalue weighted by Crippen LogP contribution is 2.27. The van der Waals surface area contributed by atoms with Crippen LogP contribution in [0.4, 0.5) is 0 Å². The van der Waals surface area contributed by atoms with Crippen LogP contribution in [0.2, 0.25) is 0 Å². The standard InChI is InChI=1S/C54H107N3O6/c1-10-12-14-16-18-20-22-24-26-28-30-32-34-36-38-40-43-56-50(59)48(57-49(58)41-39-37-35-33-31-29-27-25-23-21-19-17-15-13-11-2)46-61-51(60)47(3)45-54(9,55)63-53(7,8)42-44-62-52(4,5)6/h47-48H,10-46,55H2,1-9H3,(H,56,59)(H,57,58). The lowest BCUT2D eigenvalue weighted by molar-refractivity contribution is -0.165. The van der Waals surface area contributed by atoms with Gasteiger partial charge in [0.25, 0.3) is 0 Å². The summed E-state index contributed by atoms with van der Waals surface area (Å²) < 4.78 is 17.9. The molecule has 2 amide bonds. The van der Waals surface area contributed by atoms with Gasteiger partial charge in [-0.2, -0.15) is 0 Å². The maximum absolute atomic E-state index is 13.4. The first-order chi connectivity index (χ1) is 30.0. The number of hydrogen-bond acceptors (Lipinski definition) is 7. The van der Waals surface area contributed by atoms with Crippen molar-refractivity contribution in [1.29, 1.82) is 0 Å². The minimum atomic E-state index is -1.09. The molecule has 0 spiro atoms. The maximum atomic E-state index is 13.4. The Morgan fingerprint density at radius 3 is 1.33 bits per heavy atom. The lowest BCUT2D eigenvalue weighted by Gasteiger charge is -2.37. The molecule has 374 valence electrons. The van der Waals surface area contributed by atoms with E-state index in [4.69, 9.17) is 19.9 Å². The highest BCUT2D eigenvalue weighted by molar-refractivity contribution is 5.88. The van der Waals surface area contributed by atoms with E-state index in [9.17, 15) is 14.4 Å². The van der Waals surface area contributed by atoms with Crippen LogP contribution in [0.5, 0.6) is 0 Å². The summed E-state index contributed by atoms with van der Waals surface area (Å²) in [5.41, 5.74) is 4.66. The van der Waals surface area contributed by atoms with E-state index in [1.54, 1.807) is 13.8 Å². The topological polar surface area (TPSA) is 129 Å². The second kappa shape index (κ2) is 39.5. The van der Waals surface area contributed by atoms with Crippen LogP contribution in [0.1, 0.15) is 281 Å². The van der Waals surface area contributed by atoms with Gasteiger partial charge >= 0.3 is 5.97 Å². The van der Waals surface area contributed by atoms with Crippen molar-refractivity contribution in [3.8, 4) is 0 Å². The Labute approximate surface area is 390 Å². The van der Waals surface area contributed by atoms with E-state index in [0.717, 1.165) is 38.5 Å². The molecule has 0 fully saturated rings. The Hall–Kier alpha value is -1.71. The lowest BCUT2D eigenvalue weighted by atomic mass is 9.98. The first-order valence-corrected chi connectivity index (χ1v) is 26.9. The van der Waals surface area contributed by atoms with Crippen LogP contribution in [-0.4, -0.2) is 60.5 Å². The first kappa shape index (κ1) is 61.3. The molecule has 0 saturated carbocycles. The SMILES string of the molecule is CCCCCCCCCCCCCCCCCCNC(=O)C(COC(=O)C(C)CC(C)(N)OC(C)(C)CCOC(C)(C)C)NC(=O)CCCCCCCCCCCCCCCCC. The summed E-state index contributed by atoms with van der Waals surface area (Å²) in [4.78, 5) is 39.7. The van der Waals surface area contributed by atoms with Crippen LogP contribution >= 0.6 is 0 Å². The van der Waals surface area contributed by atoms with Gasteiger partial charge in [-0.1, -0.05) is 207 Å². The Morgan fingerprint density at radius 2 is 0.937 bits per heavy atom. The average molecular weight is 894 g/mol. The van der Waals surface area contributed by atoms with E-state index in [2.05, 4.69) is 24.5 Å². The molecular weight excluding hydrogens is 787 g/mol. The molecule has 3 atom stereocenters. The molecule has 0 heterocycles. The summed E-state index contributed by atoms with van der Waals surface area (Å²) in [6.45, 7) is 18.9. The molecule has 0 aromatic rings. The zero-order valence-corrected chi connectivity index (χ0v) is 43.3. The molecular formula is C54H107N3O6. The van der Waals surface area contributed by atoms with Gasteiger partial charge in [0.1, 0.15) is 18.4 Å². The maximum Gasteiger partial charge on any atom is 0.308 e. The molecule has 0 aliphatic heterocycles. The van der Waals surface area contributed by atoms with Gasteiger partial charge in [0.15, 0.2) is 0 Å². The number of carbonyl (C=O) groups excluding carboxylic acids is 3. The number of nitrogens with one attached hydrogen (secondary N) is 2. The van der Waals surface area contributed by atoms with Gasteiger partial charge in [-0.3, -0.25) is 14.4 Å². The number of nitrogens with two attached hydrogens (primary N) is 1. The van der Waals surface area contributed by atoms with E-state index >= 15 is 0 Å². The van der Waals surface area contributed by atoms with Crippen LogP contribution in [-0.2, 0) is 28.6 Å². The highest BCUT2D eigenvalue weighted by Gasteiger charge is 2.34. The van der Waals surface area contributed by atoms with E-state index in [-0.39, 0.29) is 30.4 Å². The zero-order valence-electron chi connectivity index (χ0n) is 43.3. The Kier molecular flexibility index (Phi) is 38.4. The first-order valence-electron chi connectivity index (χ1n) is 26.9. The number of carbonyl (C=O) groups is 3. The van der Waals surface area contributed by atoms with Gasteiger partial charge < -0.3 is 30.6 Å². The summed E-state index contributed by atoms with van der Waals surface area (Å²) in [5, 5.41) is 5.89. The van der Waals surface area contributed by atoms with Gasteiger partial charge in [-0.25, -0.2) is 0 Å². The number of ether oxygens (including phenoxy) is 3. The molecule has 0 radical (unpaired) electrons. The molecule has 4 N–H and O–H groups in total. The molecule has 0 aliphatic carbocycles. The predicted molar refractivity (Wildman–Crippen MR) is 267 cm³/mol. The quantitative estimate of drug-likeness (QED) is 0.0315. The molecule has 0 bridgehead atoms. The van der Waals surface area contributed by atoms with Gasteiger partial charge in [-0.15, -0.1) is 0 Å². The largest absolute Gasteiger partial charge is 0.463 e. The Morgan fingerprint density at radius 1 is 0.556 bits per heavy atom. The number of esters is 1. The monoisotopic (exact) mass is 894 g/mol. The van der Waals surface area contributed by atoms with Crippen LogP contribution in [0.25, 0.3) is 0 Å². The summed E-state index contributed by atoms with van der Waals surface area (Å²) >= 11 is 0. The fourth-order valence-electron chi connectivity index (χ4n) is 8.44. The molecule has 63 heavy (non-hydrogen) atoms. The number of rotatable bonds is 45. The molecule has 9 nitrogen and oxygen atoms in total. The van der Waals surface area contributed by atoms with E-state index in [0.29, 0.717) is 26.0 Å². The van der Waals surface area contributed by atoms with Crippen molar-refractivity contribution in [3.63, 3.8) is 0 Å². The Bertz CT molecular complexity index is 1090. The van der Waals surface area contributed by atoms with Crippen molar-refractivity contribution in [1.82, 2.24) is 10.6 Å². The molecule has 9 heteroatoms. The van der Waals surface area contributed by atoms with Crippen molar-refractivity contribution >= 4 is 17.8 Å². The van der Waals surface area contributed by atoms with Gasteiger partial charge in [0.05, 0.1) is 17.1 Å². The van der Waals surface area contributed by atoms with Crippen molar-refractivity contribution in [3.05, 3.63) is 0 Å². The number of amides is 2. The van der Waals surface area contributed by atoms with Crippen LogP contribution in [0.15, 0.2) is 0 Å². The van der Waals surface area contributed by atoms with E-state index in [1.807, 2.05) is 34.6 Å². The smallest absolute Gasteiger partial charge is 0.308 e. The van der Waals surface area contributed by atoms with Crippen molar-refractivity contribution in [2.45, 2.75) is 304 Å². The number of unbranched alkanes of at least 4 members (excludes halogenated alkanes) is 29. The van der Waals surface area contributed by atoms with Crippen LogP contribution in [0.3, 0.4) is 0 Å². The number of hydrogen-bond donors (Lipinski definition) is 3. The summed E-state index contributed by atoms with van der Waals surface area (Å²) in [7, 11) is 0. The second-order valence-corrected chi connectivity index (χ2v) is 21.0. The molecule has 0 saturated heterocycles. The van der Waals surface area contributed by atoms with Crippen LogP contribution < -0.4 is 16.4 Å². The Balaban J connectivity index is 4.75. The van der Waals surface area contributed by atoms with E-state index in [1.165, 1.54) is 161 Å². The molecule has 0 aromatic heterocycles. The van der Waals surface area contributed by atoms with Gasteiger partial charge in [-0.05, 0) is 60.8 Å². The fourth-order valence-corrected chi connectivity index (χ4v) is 8.44. The third-order valence-electron chi connectivity index (χ3n) is 12.2. The van der Waals surface area contributed by atoms with Crippen molar-refractivity contribution < 1.29 is 28.6 Å². The second-order valence-electron chi connectivity index (χ2n) is 21.0. The van der Waals surface area contributed by atoms with Crippen LogP contribution in [0, 0.1) is 5.92 Å². The molecule has 0 rings (SSSR count). The summed E-state index contributed by atoms with van der Waals surface area (Å²) in [6.07, 6.45) is 40.9. The summed E-state index contributed by atoms with van der Waals surface area (Å²) in [6, 6.07) is -0.951. The normalized spacial score (nSPS) is 14.0. The molecule has 0 aromatic carbocycles. The summed E-state index contributed by atoms with van der Waals surface area (Å²) in [5.74, 6) is -1.55. The lowest BCUT2D eigenvalue weighted by Crippen LogP contribution is -2.50. The van der Waals surface area contributed by atoms with Gasteiger partial charge in [0.2, 0.25) is 11.8 Å². The fraction of sp³-hybridized carbons (Fsp3) is 0.944. The third kappa shape index (κ3) is 41.5. The molecule has 3 unspecified atom stereocenters.